The molecule has 3 rings (SSSR count). The number of likely N-dealkylation sites (tertiary alicyclic amines) is 1. The maximum absolute atomic E-state index is 13.2. The monoisotopic (exact) mass is 482 g/mol. The molecule has 9 nitrogen and oxygen atoms in total. The quantitative estimate of drug-likeness (QED) is 0.231. The van der Waals surface area contributed by atoms with Crippen LogP contribution in [0.1, 0.15) is 66.2 Å². The van der Waals surface area contributed by atoms with E-state index in [2.05, 4.69) is 28.7 Å². The first-order valence-corrected chi connectivity index (χ1v) is 12.0. The van der Waals surface area contributed by atoms with E-state index in [0.717, 1.165) is 19.6 Å². The molecule has 1 atom stereocenters. The highest BCUT2D eigenvalue weighted by atomic mass is 16.5. The van der Waals surface area contributed by atoms with Gasteiger partial charge >= 0.3 is 5.97 Å². The first-order chi connectivity index (χ1) is 16.8. The number of hydrogen-bond donors (Lipinski definition) is 2. The van der Waals surface area contributed by atoms with Crippen LogP contribution < -0.4 is 0 Å². The van der Waals surface area contributed by atoms with Gasteiger partial charge in [0.15, 0.2) is 0 Å². The fourth-order valence-electron chi connectivity index (χ4n) is 4.61. The van der Waals surface area contributed by atoms with E-state index in [4.69, 9.17) is 4.74 Å². The average molecular weight is 483 g/mol. The molecule has 0 spiro atoms. The van der Waals surface area contributed by atoms with Crippen molar-refractivity contribution in [2.24, 2.45) is 0 Å². The summed E-state index contributed by atoms with van der Waals surface area (Å²) in [6, 6.07) is 4.45. The third kappa shape index (κ3) is 5.14. The number of ketones is 1. The maximum atomic E-state index is 13.2. The van der Waals surface area contributed by atoms with E-state index < -0.39 is 23.7 Å². The normalized spacial score (nSPS) is 17.4. The number of nitrogens with zero attached hydrogens (tertiary/aromatic N) is 3. The Kier molecular flexibility index (Phi) is 8.45. The zero-order valence-electron chi connectivity index (χ0n) is 21.1. The average Bonchev–Trinajstić information content (AvgIpc) is 3.29. The minimum atomic E-state index is -0.826. The van der Waals surface area contributed by atoms with Gasteiger partial charge in [0, 0.05) is 24.0 Å². The number of rotatable bonds is 10. The Balaban J connectivity index is 2.08. The molecule has 1 aliphatic rings. The van der Waals surface area contributed by atoms with Gasteiger partial charge in [0.2, 0.25) is 0 Å². The van der Waals surface area contributed by atoms with Crippen molar-refractivity contribution in [2.45, 2.75) is 47.1 Å². The van der Waals surface area contributed by atoms with Gasteiger partial charge in [-0.05, 0) is 64.5 Å². The van der Waals surface area contributed by atoms with Crippen LogP contribution in [0.25, 0.3) is 5.76 Å². The fourth-order valence-corrected chi connectivity index (χ4v) is 4.61. The lowest BCUT2D eigenvalue weighted by Crippen LogP contribution is -2.33. The molecule has 3 heterocycles. The van der Waals surface area contributed by atoms with E-state index in [1.54, 1.807) is 45.2 Å². The second-order valence-electron chi connectivity index (χ2n) is 8.47. The van der Waals surface area contributed by atoms with Gasteiger partial charge in [0.1, 0.15) is 17.5 Å². The highest BCUT2D eigenvalue weighted by Gasteiger charge is 2.47. The summed E-state index contributed by atoms with van der Waals surface area (Å²) in [6.07, 6.45) is 2.27. The van der Waals surface area contributed by atoms with Crippen LogP contribution in [-0.4, -0.2) is 75.3 Å². The smallest absolute Gasteiger partial charge is 0.355 e. The summed E-state index contributed by atoms with van der Waals surface area (Å²) >= 11 is 0. The van der Waals surface area contributed by atoms with Gasteiger partial charge in [-0.25, -0.2) is 4.79 Å². The molecule has 2 N–H and O–H groups in total. The standard InChI is InChI=1S/C26H34N4O5/c1-6-29(7-2)14-11-15-30-22(18-12-9-10-13-27-18)20(24(32)25(30)33)23(31)19-16(4)21(28-17(19)5)26(34)35-8-3/h9-10,12-13,22,28,31H,6-8,11,14-15H2,1-5H3/b23-20+. The predicted molar refractivity (Wildman–Crippen MR) is 132 cm³/mol. The van der Waals surface area contributed by atoms with Crippen LogP contribution in [0.5, 0.6) is 0 Å². The van der Waals surface area contributed by atoms with E-state index in [1.807, 2.05) is 0 Å². The molecule has 1 saturated heterocycles. The summed E-state index contributed by atoms with van der Waals surface area (Å²) in [6.45, 7) is 12.4. The summed E-state index contributed by atoms with van der Waals surface area (Å²) < 4.78 is 5.10. The molecule has 2 aromatic rings. The lowest BCUT2D eigenvalue weighted by molar-refractivity contribution is -0.140. The van der Waals surface area contributed by atoms with Crippen LogP contribution in [0.2, 0.25) is 0 Å². The number of amides is 1. The Labute approximate surface area is 205 Å². The number of aryl methyl sites for hydroxylation is 1. The van der Waals surface area contributed by atoms with Crippen LogP contribution in [-0.2, 0) is 14.3 Å². The third-order valence-corrected chi connectivity index (χ3v) is 6.43. The minimum Gasteiger partial charge on any atom is -0.507 e. The molecule has 1 amide bonds. The zero-order chi connectivity index (χ0) is 25.7. The molecule has 9 heteroatoms. The van der Waals surface area contributed by atoms with Crippen molar-refractivity contribution in [1.82, 2.24) is 19.8 Å². The summed E-state index contributed by atoms with van der Waals surface area (Å²) in [5, 5.41) is 11.4. The molecular formula is C26H34N4O5. The third-order valence-electron chi connectivity index (χ3n) is 6.43. The molecule has 0 saturated carbocycles. The second-order valence-corrected chi connectivity index (χ2v) is 8.47. The topological polar surface area (TPSA) is 116 Å². The SMILES string of the molecule is CCOC(=O)c1[nH]c(C)c(/C(O)=C2\C(=O)C(=O)N(CCCN(CC)CC)C2c2ccccn2)c1C. The predicted octanol–water partition coefficient (Wildman–Crippen LogP) is 3.36. The number of aliphatic hydroxyl groups excluding tert-OH is 1. The summed E-state index contributed by atoms with van der Waals surface area (Å²) in [7, 11) is 0. The molecule has 1 unspecified atom stereocenters. The number of aliphatic hydroxyl groups is 1. The summed E-state index contributed by atoms with van der Waals surface area (Å²) in [4.78, 5) is 49.8. The summed E-state index contributed by atoms with van der Waals surface area (Å²) in [5.74, 6) is -2.31. The highest BCUT2D eigenvalue weighted by Crippen LogP contribution is 2.40. The van der Waals surface area contributed by atoms with Crippen molar-refractivity contribution in [3.63, 3.8) is 0 Å². The molecule has 35 heavy (non-hydrogen) atoms. The zero-order valence-corrected chi connectivity index (χ0v) is 21.1. The summed E-state index contributed by atoms with van der Waals surface area (Å²) in [5.41, 5.74) is 1.93. The molecule has 1 fully saturated rings. The number of ether oxygens (including phenoxy) is 1. The van der Waals surface area contributed by atoms with Gasteiger partial charge in [0.25, 0.3) is 11.7 Å². The molecule has 0 bridgehead atoms. The highest BCUT2D eigenvalue weighted by molar-refractivity contribution is 6.46. The Hall–Kier alpha value is -3.46. The van der Waals surface area contributed by atoms with E-state index in [-0.39, 0.29) is 23.6 Å². The van der Waals surface area contributed by atoms with Gasteiger partial charge in [0.05, 0.1) is 17.9 Å². The first-order valence-electron chi connectivity index (χ1n) is 12.0. The molecule has 0 radical (unpaired) electrons. The van der Waals surface area contributed by atoms with Crippen molar-refractivity contribution in [1.29, 1.82) is 0 Å². The lowest BCUT2D eigenvalue weighted by Gasteiger charge is -2.26. The second kappa shape index (κ2) is 11.3. The first kappa shape index (κ1) is 26.2. The van der Waals surface area contributed by atoms with Crippen molar-refractivity contribution in [3.05, 3.63) is 58.2 Å². The molecule has 188 valence electrons. The Morgan fingerprint density at radius 2 is 1.91 bits per heavy atom. The fraction of sp³-hybridized carbons (Fsp3) is 0.462. The van der Waals surface area contributed by atoms with E-state index in [9.17, 15) is 19.5 Å². The van der Waals surface area contributed by atoms with Crippen molar-refractivity contribution < 1.29 is 24.2 Å². The number of carbonyl (C=O) groups is 3. The number of esters is 1. The molecule has 0 aromatic carbocycles. The number of aromatic amines is 1. The van der Waals surface area contributed by atoms with Gasteiger partial charge in [-0.3, -0.25) is 14.6 Å². The maximum Gasteiger partial charge on any atom is 0.355 e. The molecule has 0 aliphatic carbocycles. The van der Waals surface area contributed by atoms with Crippen LogP contribution >= 0.6 is 0 Å². The van der Waals surface area contributed by atoms with Gasteiger partial charge in [-0.2, -0.15) is 0 Å². The van der Waals surface area contributed by atoms with E-state index >= 15 is 0 Å². The number of nitrogens with one attached hydrogen (secondary N) is 1. The number of H-pyrrole nitrogens is 1. The van der Waals surface area contributed by atoms with E-state index in [0.29, 0.717) is 35.5 Å². The van der Waals surface area contributed by atoms with Crippen molar-refractivity contribution in [2.75, 3.05) is 32.8 Å². The Bertz CT molecular complexity index is 1120. The van der Waals surface area contributed by atoms with E-state index in [1.165, 1.54) is 4.90 Å². The Morgan fingerprint density at radius 3 is 2.51 bits per heavy atom. The Morgan fingerprint density at radius 1 is 1.20 bits per heavy atom. The minimum absolute atomic E-state index is 0.0304. The van der Waals surface area contributed by atoms with Crippen LogP contribution in [0.3, 0.4) is 0 Å². The number of pyridine rings is 1. The number of hydrogen-bond acceptors (Lipinski definition) is 7. The van der Waals surface area contributed by atoms with Gasteiger partial charge < -0.3 is 24.6 Å². The molecule has 1 aliphatic heterocycles. The lowest BCUT2D eigenvalue weighted by atomic mass is 9.96. The van der Waals surface area contributed by atoms with Crippen molar-refractivity contribution in [3.8, 4) is 0 Å². The molecule has 2 aromatic heterocycles. The number of Topliss-reactive ketones (excluding diaryl/α,β-unsaturated/α-hetero) is 1. The van der Waals surface area contributed by atoms with Gasteiger partial charge in [-0.1, -0.05) is 19.9 Å². The number of carbonyl (C=O) groups excluding carboxylic acids is 3. The van der Waals surface area contributed by atoms with Gasteiger partial charge in [-0.15, -0.1) is 0 Å². The van der Waals surface area contributed by atoms with Crippen molar-refractivity contribution >= 4 is 23.4 Å². The van der Waals surface area contributed by atoms with Crippen LogP contribution in [0, 0.1) is 13.8 Å². The number of aromatic nitrogens is 2. The largest absolute Gasteiger partial charge is 0.507 e. The van der Waals surface area contributed by atoms with Crippen LogP contribution in [0.4, 0.5) is 0 Å². The molecular weight excluding hydrogens is 448 g/mol. The van der Waals surface area contributed by atoms with Crippen LogP contribution in [0.15, 0.2) is 30.0 Å².